The molecule has 190 valence electrons. The number of amides is 2. The number of likely N-dealkylation sites (tertiary alicyclic amines) is 3. The minimum atomic E-state index is -3.90. The topological polar surface area (TPSA) is 90.0 Å². The first-order chi connectivity index (χ1) is 16.8. The molecule has 3 fully saturated rings. The number of nitrogens with zero attached hydrogens (tertiary/aromatic N) is 3. The largest absolute Gasteiger partial charge is 0.337 e. The summed E-state index contributed by atoms with van der Waals surface area (Å²) < 4.78 is 30.2. The first-order valence-corrected chi connectivity index (χ1v) is 15.0. The van der Waals surface area contributed by atoms with Crippen molar-refractivity contribution in [3.63, 3.8) is 0 Å². The first-order valence-electron chi connectivity index (χ1n) is 12.3. The average Bonchev–Trinajstić information content (AvgIpc) is 3.56. The Labute approximate surface area is 215 Å². The molecule has 0 spiro atoms. The second-order valence-electron chi connectivity index (χ2n) is 9.72. The molecule has 0 radical (unpaired) electrons. The SMILES string of the molecule is O=C1[C@@H](NS(=O)(=O)c2ccc3sc(Cl)cc3c2)CCCN1CC(=O)N1CCC[C@H]1CN1CCCC1. The van der Waals surface area contributed by atoms with Crippen molar-refractivity contribution in [1.29, 1.82) is 0 Å². The fraction of sp³-hybridized carbons (Fsp3) is 0.583. The summed E-state index contributed by atoms with van der Waals surface area (Å²) in [5, 5.41) is 0.749. The van der Waals surface area contributed by atoms with Gasteiger partial charge in [-0.1, -0.05) is 11.6 Å². The van der Waals surface area contributed by atoms with Gasteiger partial charge in [0.2, 0.25) is 21.8 Å². The van der Waals surface area contributed by atoms with E-state index in [9.17, 15) is 18.0 Å². The van der Waals surface area contributed by atoms with Crippen molar-refractivity contribution in [2.45, 2.75) is 55.5 Å². The van der Waals surface area contributed by atoms with E-state index < -0.39 is 16.1 Å². The normalized spacial score (nSPS) is 24.1. The van der Waals surface area contributed by atoms with Crippen LogP contribution in [0.1, 0.15) is 38.5 Å². The molecular formula is C24H31ClN4O4S2. The van der Waals surface area contributed by atoms with Crippen molar-refractivity contribution in [2.75, 3.05) is 39.3 Å². The maximum atomic E-state index is 13.2. The van der Waals surface area contributed by atoms with E-state index in [0.29, 0.717) is 23.7 Å². The molecular weight excluding hydrogens is 508 g/mol. The lowest BCUT2D eigenvalue weighted by Gasteiger charge is -2.34. The van der Waals surface area contributed by atoms with Crippen LogP contribution in [0.3, 0.4) is 0 Å². The van der Waals surface area contributed by atoms with Crippen molar-refractivity contribution in [2.24, 2.45) is 0 Å². The number of halogens is 1. The molecule has 3 aliphatic rings. The van der Waals surface area contributed by atoms with E-state index in [0.717, 1.165) is 49.1 Å². The zero-order valence-electron chi connectivity index (χ0n) is 19.6. The van der Waals surface area contributed by atoms with Crippen LogP contribution in [0.25, 0.3) is 10.1 Å². The number of rotatable bonds is 7. The minimum Gasteiger partial charge on any atom is -0.337 e. The molecule has 8 nitrogen and oxygen atoms in total. The molecule has 1 N–H and O–H groups in total. The number of piperidine rings is 1. The van der Waals surface area contributed by atoms with Crippen molar-refractivity contribution >= 4 is 54.9 Å². The van der Waals surface area contributed by atoms with Crippen molar-refractivity contribution < 1.29 is 18.0 Å². The second-order valence-corrected chi connectivity index (χ2v) is 13.1. The van der Waals surface area contributed by atoms with Crippen LogP contribution in [0.2, 0.25) is 4.34 Å². The number of carbonyl (C=O) groups excluding carboxylic acids is 2. The molecule has 1 aromatic heterocycles. The van der Waals surface area contributed by atoms with E-state index >= 15 is 0 Å². The quantitative estimate of drug-likeness (QED) is 0.585. The third-order valence-corrected chi connectivity index (χ3v) is 10.0. The van der Waals surface area contributed by atoms with E-state index in [4.69, 9.17) is 11.6 Å². The molecule has 3 saturated heterocycles. The molecule has 11 heteroatoms. The molecule has 35 heavy (non-hydrogen) atoms. The van der Waals surface area contributed by atoms with Crippen molar-refractivity contribution in [3.8, 4) is 0 Å². The van der Waals surface area contributed by atoms with Crippen LogP contribution in [-0.2, 0) is 19.6 Å². The molecule has 2 aromatic rings. The Morgan fingerprint density at radius 3 is 2.63 bits per heavy atom. The van der Waals surface area contributed by atoms with Gasteiger partial charge in [-0.05, 0) is 81.3 Å². The molecule has 0 unspecified atom stereocenters. The highest BCUT2D eigenvalue weighted by Crippen LogP contribution is 2.31. The maximum Gasteiger partial charge on any atom is 0.242 e. The third kappa shape index (κ3) is 5.51. The Kier molecular flexibility index (Phi) is 7.37. The van der Waals surface area contributed by atoms with Crippen LogP contribution < -0.4 is 4.72 Å². The number of benzene rings is 1. The molecule has 0 bridgehead atoms. The summed E-state index contributed by atoms with van der Waals surface area (Å²) in [6.45, 7) is 4.29. The molecule has 4 heterocycles. The molecule has 2 amide bonds. The number of hydrogen-bond donors (Lipinski definition) is 1. The van der Waals surface area contributed by atoms with Gasteiger partial charge in [0.25, 0.3) is 0 Å². The Balaban J connectivity index is 1.22. The van der Waals surface area contributed by atoms with Gasteiger partial charge in [0, 0.05) is 30.4 Å². The van der Waals surface area contributed by atoms with Gasteiger partial charge in [0.1, 0.15) is 6.04 Å². The van der Waals surface area contributed by atoms with Gasteiger partial charge >= 0.3 is 0 Å². The van der Waals surface area contributed by atoms with Gasteiger partial charge in [-0.2, -0.15) is 4.72 Å². The van der Waals surface area contributed by atoms with E-state index in [1.165, 1.54) is 35.1 Å². The minimum absolute atomic E-state index is 0.00687. The first kappa shape index (κ1) is 25.0. The molecule has 2 atom stereocenters. The summed E-state index contributed by atoms with van der Waals surface area (Å²) >= 11 is 7.43. The van der Waals surface area contributed by atoms with E-state index in [2.05, 4.69) is 9.62 Å². The number of hydrogen-bond acceptors (Lipinski definition) is 6. The lowest BCUT2D eigenvalue weighted by atomic mass is 10.1. The summed E-state index contributed by atoms with van der Waals surface area (Å²) in [5.74, 6) is -0.369. The fourth-order valence-corrected chi connectivity index (χ4v) is 7.88. The average molecular weight is 539 g/mol. The molecule has 1 aromatic carbocycles. The predicted octanol–water partition coefficient (Wildman–Crippen LogP) is 2.91. The van der Waals surface area contributed by atoms with E-state index in [-0.39, 0.29) is 29.3 Å². The highest BCUT2D eigenvalue weighted by Gasteiger charge is 2.36. The van der Waals surface area contributed by atoms with Crippen LogP contribution in [0.5, 0.6) is 0 Å². The highest BCUT2D eigenvalue weighted by atomic mass is 35.5. The summed E-state index contributed by atoms with van der Waals surface area (Å²) in [7, 11) is -3.90. The van der Waals surface area contributed by atoms with Crippen LogP contribution in [0.15, 0.2) is 29.2 Å². The zero-order chi connectivity index (χ0) is 24.6. The number of thiophene rings is 1. The number of sulfonamides is 1. The van der Waals surface area contributed by atoms with Crippen LogP contribution in [0, 0.1) is 0 Å². The van der Waals surface area contributed by atoms with Crippen LogP contribution in [0.4, 0.5) is 0 Å². The van der Waals surface area contributed by atoms with Crippen LogP contribution >= 0.6 is 22.9 Å². The lowest BCUT2D eigenvalue weighted by molar-refractivity contribution is -0.143. The third-order valence-electron chi connectivity index (χ3n) is 7.29. The van der Waals surface area contributed by atoms with Gasteiger partial charge in [-0.3, -0.25) is 9.59 Å². The van der Waals surface area contributed by atoms with Gasteiger partial charge in [-0.15, -0.1) is 11.3 Å². The highest BCUT2D eigenvalue weighted by molar-refractivity contribution is 7.89. The standard InChI is InChI=1S/C24H31ClN4O4S2/c25-22-14-17-13-19(7-8-21(17)34-22)35(32,33)26-20-6-4-11-28(24(20)31)16-23(30)29-12-3-5-18(29)15-27-9-1-2-10-27/h7-8,13-14,18,20,26H,1-6,9-12,15-16H2/t18-,20-/m0/s1. The molecule has 0 aliphatic carbocycles. The number of carbonyl (C=O) groups is 2. The fourth-order valence-electron chi connectivity index (χ4n) is 5.49. The number of nitrogens with one attached hydrogen (secondary N) is 1. The Bertz CT molecular complexity index is 1210. The smallest absolute Gasteiger partial charge is 0.242 e. The van der Waals surface area contributed by atoms with Crippen molar-refractivity contribution in [3.05, 3.63) is 28.6 Å². The van der Waals surface area contributed by atoms with E-state index in [1.54, 1.807) is 18.2 Å². The van der Waals surface area contributed by atoms with Crippen molar-refractivity contribution in [1.82, 2.24) is 19.4 Å². The van der Waals surface area contributed by atoms with E-state index in [1.807, 2.05) is 4.90 Å². The maximum absolute atomic E-state index is 13.2. The number of fused-ring (bicyclic) bond motifs is 1. The molecule has 0 saturated carbocycles. The Hall–Kier alpha value is -1.72. The van der Waals surface area contributed by atoms with Gasteiger partial charge in [-0.25, -0.2) is 8.42 Å². The predicted molar refractivity (Wildman–Crippen MR) is 137 cm³/mol. The summed E-state index contributed by atoms with van der Waals surface area (Å²) in [6, 6.07) is 5.89. The Morgan fingerprint density at radius 1 is 1.06 bits per heavy atom. The summed E-state index contributed by atoms with van der Waals surface area (Å²) in [6.07, 6.45) is 5.47. The second kappa shape index (κ2) is 10.3. The van der Waals surface area contributed by atoms with Gasteiger partial charge < -0.3 is 14.7 Å². The molecule has 5 rings (SSSR count). The van der Waals surface area contributed by atoms with Crippen LogP contribution in [-0.4, -0.2) is 86.3 Å². The summed E-state index contributed by atoms with van der Waals surface area (Å²) in [4.78, 5) is 32.3. The van der Waals surface area contributed by atoms with Gasteiger partial charge in [0.15, 0.2) is 0 Å². The monoisotopic (exact) mass is 538 g/mol. The zero-order valence-corrected chi connectivity index (χ0v) is 22.0. The lowest BCUT2D eigenvalue weighted by Crippen LogP contribution is -2.55. The molecule has 3 aliphatic heterocycles. The Morgan fingerprint density at radius 2 is 1.83 bits per heavy atom. The van der Waals surface area contributed by atoms with Gasteiger partial charge in [0.05, 0.1) is 15.8 Å². The summed E-state index contributed by atoms with van der Waals surface area (Å²) in [5.41, 5.74) is 0.